The van der Waals surface area contributed by atoms with Gasteiger partial charge in [-0.3, -0.25) is 0 Å². The fraction of sp³-hybridized carbons (Fsp3) is 1.00. The van der Waals surface area contributed by atoms with Gasteiger partial charge in [-0.2, -0.15) is 0 Å². The molecule has 3 aliphatic rings. The van der Waals surface area contributed by atoms with Crippen molar-refractivity contribution in [1.29, 1.82) is 0 Å². The highest BCUT2D eigenvalue weighted by Crippen LogP contribution is 2.39. The normalized spacial score (nSPS) is 44.8. The monoisotopic (exact) mass is 225 g/mol. The average molecular weight is 225 g/mol. The smallest absolute Gasteiger partial charge is 0.0680 e. The first-order valence-electron chi connectivity index (χ1n) is 6.80. The lowest BCUT2D eigenvalue weighted by atomic mass is 9.78. The zero-order valence-electron chi connectivity index (χ0n) is 9.95. The van der Waals surface area contributed by atoms with E-state index in [4.69, 9.17) is 4.74 Å². The van der Waals surface area contributed by atoms with Crippen LogP contribution >= 0.6 is 0 Å². The van der Waals surface area contributed by atoms with E-state index in [0.717, 1.165) is 45.3 Å². The van der Waals surface area contributed by atoms with E-state index >= 15 is 0 Å². The molecular formula is C13H23NO2. The summed E-state index contributed by atoms with van der Waals surface area (Å²) in [7, 11) is 0. The summed E-state index contributed by atoms with van der Waals surface area (Å²) in [6.45, 7) is 1.79. The van der Waals surface area contributed by atoms with Gasteiger partial charge >= 0.3 is 0 Å². The van der Waals surface area contributed by atoms with Gasteiger partial charge in [0.15, 0.2) is 0 Å². The van der Waals surface area contributed by atoms with Crippen LogP contribution in [-0.2, 0) is 4.74 Å². The third-order valence-corrected chi connectivity index (χ3v) is 4.60. The first-order chi connectivity index (χ1) is 7.73. The van der Waals surface area contributed by atoms with Gasteiger partial charge in [0.2, 0.25) is 0 Å². The molecule has 0 amide bonds. The quantitative estimate of drug-likeness (QED) is 0.747. The van der Waals surface area contributed by atoms with Crippen LogP contribution in [0.5, 0.6) is 0 Å². The Kier molecular flexibility index (Phi) is 2.94. The number of piperidine rings is 1. The molecule has 2 bridgehead atoms. The van der Waals surface area contributed by atoms with E-state index in [1.807, 2.05) is 0 Å². The molecule has 3 heterocycles. The summed E-state index contributed by atoms with van der Waals surface area (Å²) in [6.07, 6.45) is 7.77. The largest absolute Gasteiger partial charge is 0.390 e. The molecule has 2 unspecified atom stereocenters. The molecule has 92 valence electrons. The molecule has 3 rings (SSSR count). The number of hydrogen-bond donors (Lipinski definition) is 2. The van der Waals surface area contributed by atoms with Gasteiger partial charge in [-0.05, 0) is 50.9 Å². The Hall–Kier alpha value is -0.120. The van der Waals surface area contributed by atoms with Crippen LogP contribution in [0.1, 0.15) is 44.9 Å². The second-order valence-electron chi connectivity index (χ2n) is 6.03. The molecule has 0 spiro atoms. The molecule has 16 heavy (non-hydrogen) atoms. The molecule has 0 radical (unpaired) electrons. The van der Waals surface area contributed by atoms with Gasteiger partial charge in [0.25, 0.3) is 0 Å². The minimum Gasteiger partial charge on any atom is -0.390 e. The molecule has 3 nitrogen and oxygen atoms in total. The SMILES string of the molecule is OC1(CC2CCOCC2)CC2CCC(C1)N2. The zero-order valence-corrected chi connectivity index (χ0v) is 9.95. The van der Waals surface area contributed by atoms with Crippen molar-refractivity contribution in [1.82, 2.24) is 5.32 Å². The molecule has 0 aromatic carbocycles. The van der Waals surface area contributed by atoms with Crippen molar-refractivity contribution < 1.29 is 9.84 Å². The van der Waals surface area contributed by atoms with Gasteiger partial charge in [0.05, 0.1) is 5.60 Å². The fourth-order valence-electron chi connectivity index (χ4n) is 3.88. The minimum absolute atomic E-state index is 0.376. The number of fused-ring (bicyclic) bond motifs is 2. The van der Waals surface area contributed by atoms with Crippen LogP contribution < -0.4 is 5.32 Å². The van der Waals surface area contributed by atoms with Crippen LogP contribution in [0.2, 0.25) is 0 Å². The Bertz CT molecular complexity index is 238. The first kappa shape index (κ1) is 11.0. The highest BCUT2D eigenvalue weighted by Gasteiger charge is 2.43. The van der Waals surface area contributed by atoms with Gasteiger partial charge in [-0.25, -0.2) is 0 Å². The topological polar surface area (TPSA) is 41.5 Å². The summed E-state index contributed by atoms with van der Waals surface area (Å²) in [5, 5.41) is 14.3. The lowest BCUT2D eigenvalue weighted by Gasteiger charge is -2.40. The summed E-state index contributed by atoms with van der Waals surface area (Å²) in [4.78, 5) is 0. The molecule has 0 aromatic rings. The Morgan fingerprint density at radius 3 is 2.31 bits per heavy atom. The molecule has 2 atom stereocenters. The molecule has 3 aliphatic heterocycles. The van der Waals surface area contributed by atoms with Crippen molar-refractivity contribution >= 4 is 0 Å². The van der Waals surface area contributed by atoms with E-state index in [-0.39, 0.29) is 5.60 Å². The third kappa shape index (κ3) is 2.27. The summed E-state index contributed by atoms with van der Waals surface area (Å²) < 4.78 is 5.38. The maximum Gasteiger partial charge on any atom is 0.0680 e. The number of aliphatic hydroxyl groups is 1. The van der Waals surface area contributed by atoms with E-state index in [0.29, 0.717) is 18.0 Å². The molecule has 3 heteroatoms. The van der Waals surface area contributed by atoms with Crippen LogP contribution in [0.3, 0.4) is 0 Å². The van der Waals surface area contributed by atoms with E-state index in [9.17, 15) is 5.11 Å². The second-order valence-corrected chi connectivity index (χ2v) is 6.03. The van der Waals surface area contributed by atoms with E-state index < -0.39 is 0 Å². The molecular weight excluding hydrogens is 202 g/mol. The highest BCUT2D eigenvalue weighted by molar-refractivity contribution is 5.00. The van der Waals surface area contributed by atoms with Crippen molar-refractivity contribution in [2.45, 2.75) is 62.6 Å². The minimum atomic E-state index is -0.376. The Balaban J connectivity index is 1.60. The van der Waals surface area contributed by atoms with Crippen LogP contribution in [0.25, 0.3) is 0 Å². The molecule has 3 saturated heterocycles. The first-order valence-corrected chi connectivity index (χ1v) is 6.80. The van der Waals surface area contributed by atoms with E-state index in [2.05, 4.69) is 5.32 Å². The van der Waals surface area contributed by atoms with Crippen LogP contribution in [0, 0.1) is 5.92 Å². The van der Waals surface area contributed by atoms with Crippen LogP contribution in [-0.4, -0.2) is 36.0 Å². The maximum atomic E-state index is 10.7. The Morgan fingerprint density at radius 1 is 1.06 bits per heavy atom. The van der Waals surface area contributed by atoms with E-state index in [1.165, 1.54) is 12.8 Å². The third-order valence-electron chi connectivity index (χ3n) is 4.60. The number of nitrogens with one attached hydrogen (secondary N) is 1. The van der Waals surface area contributed by atoms with E-state index in [1.54, 1.807) is 0 Å². The van der Waals surface area contributed by atoms with Crippen LogP contribution in [0.4, 0.5) is 0 Å². The standard InChI is InChI=1S/C13H23NO2/c15-13(7-10-3-5-16-6-4-10)8-11-1-2-12(9-13)14-11/h10-12,14-15H,1-9H2. The predicted molar refractivity (Wildman–Crippen MR) is 62.3 cm³/mol. The average Bonchev–Trinajstić information content (AvgIpc) is 2.59. The fourth-order valence-corrected chi connectivity index (χ4v) is 3.88. The second kappa shape index (κ2) is 4.28. The summed E-state index contributed by atoms with van der Waals surface area (Å²) >= 11 is 0. The van der Waals surface area contributed by atoms with Gasteiger partial charge in [0, 0.05) is 25.3 Å². The maximum absolute atomic E-state index is 10.7. The van der Waals surface area contributed by atoms with Crippen LogP contribution in [0.15, 0.2) is 0 Å². The van der Waals surface area contributed by atoms with Crippen molar-refractivity contribution in [3.63, 3.8) is 0 Å². The predicted octanol–water partition coefficient (Wildman–Crippen LogP) is 1.45. The Labute approximate surface area is 97.6 Å². The van der Waals surface area contributed by atoms with Gasteiger partial charge in [-0.1, -0.05) is 0 Å². The number of rotatable bonds is 2. The molecule has 2 N–H and O–H groups in total. The Morgan fingerprint density at radius 2 is 1.69 bits per heavy atom. The molecule has 0 saturated carbocycles. The van der Waals surface area contributed by atoms with Crippen molar-refractivity contribution in [2.75, 3.05) is 13.2 Å². The number of ether oxygens (including phenoxy) is 1. The van der Waals surface area contributed by atoms with Crippen molar-refractivity contribution in [2.24, 2.45) is 5.92 Å². The highest BCUT2D eigenvalue weighted by atomic mass is 16.5. The number of hydrogen-bond acceptors (Lipinski definition) is 3. The summed E-state index contributed by atoms with van der Waals surface area (Å²) in [5.74, 6) is 0.691. The van der Waals surface area contributed by atoms with Gasteiger partial charge in [0.1, 0.15) is 0 Å². The van der Waals surface area contributed by atoms with Gasteiger partial charge in [-0.15, -0.1) is 0 Å². The summed E-state index contributed by atoms with van der Waals surface area (Å²) in [6, 6.07) is 1.17. The molecule has 0 aromatic heterocycles. The molecule has 0 aliphatic carbocycles. The van der Waals surface area contributed by atoms with Crippen molar-refractivity contribution in [3.8, 4) is 0 Å². The van der Waals surface area contributed by atoms with Crippen molar-refractivity contribution in [3.05, 3.63) is 0 Å². The van der Waals surface area contributed by atoms with Gasteiger partial charge < -0.3 is 15.2 Å². The zero-order chi connectivity index (χ0) is 11.0. The lowest BCUT2D eigenvalue weighted by Crippen LogP contribution is -2.49. The molecule has 3 fully saturated rings. The summed E-state index contributed by atoms with van der Waals surface area (Å²) in [5.41, 5.74) is -0.376. The lowest BCUT2D eigenvalue weighted by molar-refractivity contribution is -0.0429.